The summed E-state index contributed by atoms with van der Waals surface area (Å²) in [6, 6.07) is 12.1. The smallest absolute Gasteiger partial charge is 0.00694 e. The third-order valence-electron chi connectivity index (χ3n) is 4.61. The van der Waals surface area contributed by atoms with Crippen LogP contribution in [0.25, 0.3) is 0 Å². The molecule has 2 rings (SSSR count). The van der Waals surface area contributed by atoms with Crippen molar-refractivity contribution in [3.05, 3.63) is 35.9 Å². The van der Waals surface area contributed by atoms with Gasteiger partial charge in [-0.25, -0.2) is 0 Å². The molecular formula is C18H29N. The Morgan fingerprint density at radius 1 is 1.05 bits per heavy atom. The average Bonchev–Trinajstić information content (AvgIpc) is 2.47. The molecule has 19 heavy (non-hydrogen) atoms. The molecule has 1 saturated carbocycles. The molecule has 0 spiro atoms. The van der Waals surface area contributed by atoms with E-state index in [-0.39, 0.29) is 0 Å². The van der Waals surface area contributed by atoms with Crippen LogP contribution in [-0.4, -0.2) is 12.1 Å². The zero-order valence-electron chi connectivity index (χ0n) is 12.6. The van der Waals surface area contributed by atoms with Crippen molar-refractivity contribution in [1.82, 2.24) is 5.32 Å². The summed E-state index contributed by atoms with van der Waals surface area (Å²) in [5.41, 5.74) is 1.46. The monoisotopic (exact) mass is 259 g/mol. The van der Waals surface area contributed by atoms with E-state index < -0.39 is 0 Å². The highest BCUT2D eigenvalue weighted by Crippen LogP contribution is 2.26. The van der Waals surface area contributed by atoms with E-state index in [1.165, 1.54) is 50.5 Å². The molecule has 1 nitrogen and oxygen atoms in total. The van der Waals surface area contributed by atoms with Crippen molar-refractivity contribution in [2.45, 2.75) is 70.9 Å². The second-order valence-electron chi connectivity index (χ2n) is 6.28. The van der Waals surface area contributed by atoms with Gasteiger partial charge in [0.1, 0.15) is 0 Å². The first-order valence-electron chi connectivity index (χ1n) is 8.05. The van der Waals surface area contributed by atoms with Crippen molar-refractivity contribution in [2.24, 2.45) is 5.92 Å². The Labute approximate surface area is 118 Å². The van der Waals surface area contributed by atoms with Gasteiger partial charge in [-0.2, -0.15) is 0 Å². The molecule has 0 amide bonds. The molecule has 0 heterocycles. The Morgan fingerprint density at radius 2 is 1.74 bits per heavy atom. The SMILES string of the molecule is CC(CCc1ccccc1)N[C@@H](C)C1CCCCC1. The van der Waals surface area contributed by atoms with E-state index in [0.717, 1.165) is 5.92 Å². The average molecular weight is 259 g/mol. The zero-order valence-corrected chi connectivity index (χ0v) is 12.6. The first-order valence-corrected chi connectivity index (χ1v) is 8.05. The van der Waals surface area contributed by atoms with Crippen molar-refractivity contribution in [1.29, 1.82) is 0 Å². The van der Waals surface area contributed by atoms with Gasteiger partial charge in [-0.05, 0) is 51.0 Å². The van der Waals surface area contributed by atoms with Gasteiger partial charge in [0.05, 0.1) is 0 Å². The van der Waals surface area contributed by atoms with Gasteiger partial charge in [-0.15, -0.1) is 0 Å². The number of benzene rings is 1. The number of hydrogen-bond acceptors (Lipinski definition) is 1. The fourth-order valence-electron chi connectivity index (χ4n) is 3.33. The lowest BCUT2D eigenvalue weighted by Gasteiger charge is -2.30. The van der Waals surface area contributed by atoms with Crippen LogP contribution in [-0.2, 0) is 6.42 Å². The standard InChI is InChI=1S/C18H29N/c1-15(13-14-17-9-5-3-6-10-17)19-16(2)18-11-7-4-8-12-18/h3,5-6,9-10,15-16,18-19H,4,7-8,11-14H2,1-2H3/t15?,16-/m0/s1. The summed E-state index contributed by atoms with van der Waals surface area (Å²) < 4.78 is 0. The van der Waals surface area contributed by atoms with E-state index in [9.17, 15) is 0 Å². The topological polar surface area (TPSA) is 12.0 Å². The summed E-state index contributed by atoms with van der Waals surface area (Å²) in [5.74, 6) is 0.910. The summed E-state index contributed by atoms with van der Waals surface area (Å²) >= 11 is 0. The molecule has 0 aromatic heterocycles. The highest BCUT2D eigenvalue weighted by molar-refractivity contribution is 5.14. The molecule has 1 aromatic rings. The van der Waals surface area contributed by atoms with E-state index in [1.807, 2.05) is 0 Å². The second kappa shape index (κ2) is 7.69. The van der Waals surface area contributed by atoms with E-state index >= 15 is 0 Å². The largest absolute Gasteiger partial charge is 0.311 e. The lowest BCUT2D eigenvalue weighted by molar-refractivity contribution is 0.264. The van der Waals surface area contributed by atoms with Crippen molar-refractivity contribution in [3.8, 4) is 0 Å². The molecule has 0 bridgehead atoms. The van der Waals surface area contributed by atoms with Gasteiger partial charge in [0, 0.05) is 12.1 Å². The van der Waals surface area contributed by atoms with Gasteiger partial charge < -0.3 is 5.32 Å². The Balaban J connectivity index is 1.70. The molecule has 2 atom stereocenters. The molecule has 1 heteroatoms. The van der Waals surface area contributed by atoms with Gasteiger partial charge in [-0.1, -0.05) is 49.6 Å². The van der Waals surface area contributed by atoms with E-state index in [1.54, 1.807) is 0 Å². The van der Waals surface area contributed by atoms with Crippen LogP contribution in [0.15, 0.2) is 30.3 Å². The van der Waals surface area contributed by atoms with Gasteiger partial charge in [0.15, 0.2) is 0 Å². The molecule has 0 radical (unpaired) electrons. The Hall–Kier alpha value is -0.820. The molecule has 1 N–H and O–H groups in total. The predicted molar refractivity (Wildman–Crippen MR) is 83.4 cm³/mol. The first-order chi connectivity index (χ1) is 9.25. The Morgan fingerprint density at radius 3 is 2.42 bits per heavy atom. The van der Waals surface area contributed by atoms with Crippen LogP contribution in [0.3, 0.4) is 0 Å². The van der Waals surface area contributed by atoms with E-state index in [0.29, 0.717) is 12.1 Å². The molecule has 106 valence electrons. The minimum Gasteiger partial charge on any atom is -0.311 e. The third kappa shape index (κ3) is 4.99. The lowest BCUT2D eigenvalue weighted by atomic mass is 9.84. The molecule has 1 fully saturated rings. The quantitative estimate of drug-likeness (QED) is 0.789. The van der Waals surface area contributed by atoms with Gasteiger partial charge >= 0.3 is 0 Å². The molecule has 1 aliphatic carbocycles. The van der Waals surface area contributed by atoms with Crippen LogP contribution in [0.4, 0.5) is 0 Å². The summed E-state index contributed by atoms with van der Waals surface area (Å²) in [4.78, 5) is 0. The number of hydrogen-bond donors (Lipinski definition) is 1. The van der Waals surface area contributed by atoms with Crippen LogP contribution < -0.4 is 5.32 Å². The number of nitrogens with one attached hydrogen (secondary N) is 1. The molecule has 0 saturated heterocycles. The maximum atomic E-state index is 3.82. The highest BCUT2D eigenvalue weighted by atomic mass is 14.9. The van der Waals surface area contributed by atoms with Crippen LogP contribution in [0.1, 0.15) is 57.9 Å². The second-order valence-corrected chi connectivity index (χ2v) is 6.28. The Kier molecular flexibility index (Phi) is 5.91. The van der Waals surface area contributed by atoms with Gasteiger partial charge in [0.2, 0.25) is 0 Å². The fraction of sp³-hybridized carbons (Fsp3) is 0.667. The van der Waals surface area contributed by atoms with Crippen LogP contribution in [0.5, 0.6) is 0 Å². The van der Waals surface area contributed by atoms with Crippen LogP contribution in [0.2, 0.25) is 0 Å². The highest BCUT2D eigenvalue weighted by Gasteiger charge is 2.20. The summed E-state index contributed by atoms with van der Waals surface area (Å²) in [6.45, 7) is 4.72. The van der Waals surface area contributed by atoms with E-state index in [2.05, 4.69) is 49.5 Å². The van der Waals surface area contributed by atoms with Crippen LogP contribution in [0, 0.1) is 5.92 Å². The summed E-state index contributed by atoms with van der Waals surface area (Å²) in [6.07, 6.45) is 9.61. The molecule has 1 aromatic carbocycles. The number of rotatable bonds is 6. The third-order valence-corrected chi connectivity index (χ3v) is 4.61. The lowest BCUT2D eigenvalue weighted by Crippen LogP contribution is -2.40. The Bertz CT molecular complexity index is 340. The predicted octanol–water partition coefficient (Wildman–Crippen LogP) is 4.57. The maximum Gasteiger partial charge on any atom is 0.00694 e. The minimum atomic E-state index is 0.622. The maximum absolute atomic E-state index is 3.82. The van der Waals surface area contributed by atoms with Crippen molar-refractivity contribution < 1.29 is 0 Å². The van der Waals surface area contributed by atoms with Gasteiger partial charge in [0.25, 0.3) is 0 Å². The first kappa shape index (κ1) is 14.6. The van der Waals surface area contributed by atoms with E-state index in [4.69, 9.17) is 0 Å². The number of aryl methyl sites for hydroxylation is 1. The zero-order chi connectivity index (χ0) is 13.5. The van der Waals surface area contributed by atoms with Crippen molar-refractivity contribution in [3.63, 3.8) is 0 Å². The molecule has 0 aliphatic heterocycles. The fourth-order valence-corrected chi connectivity index (χ4v) is 3.33. The molecular weight excluding hydrogens is 230 g/mol. The summed E-state index contributed by atoms with van der Waals surface area (Å²) in [5, 5.41) is 3.82. The van der Waals surface area contributed by atoms with Crippen LogP contribution >= 0.6 is 0 Å². The van der Waals surface area contributed by atoms with Crippen molar-refractivity contribution in [2.75, 3.05) is 0 Å². The summed E-state index contributed by atoms with van der Waals surface area (Å²) in [7, 11) is 0. The normalized spacial score (nSPS) is 20.1. The minimum absolute atomic E-state index is 0.622. The molecule has 1 aliphatic rings. The van der Waals surface area contributed by atoms with Gasteiger partial charge in [-0.3, -0.25) is 0 Å². The molecule has 1 unspecified atom stereocenters. The van der Waals surface area contributed by atoms with Crippen molar-refractivity contribution >= 4 is 0 Å².